The molecule has 1 fully saturated rings. The van der Waals surface area contributed by atoms with Crippen molar-refractivity contribution in [3.05, 3.63) is 82.5 Å². The number of nitrogens with one attached hydrogen (secondary N) is 2. The molecule has 206 valence electrons. The first kappa shape index (κ1) is 26.9. The normalized spacial score (nSPS) is 14.9. The number of nitrogens with zero attached hydrogens (tertiary/aromatic N) is 4. The van der Waals surface area contributed by atoms with Gasteiger partial charge in [-0.2, -0.15) is 5.10 Å². The van der Waals surface area contributed by atoms with Gasteiger partial charge >= 0.3 is 0 Å². The minimum Gasteiger partial charge on any atom is -0.391 e. The Morgan fingerprint density at radius 1 is 1.12 bits per heavy atom. The summed E-state index contributed by atoms with van der Waals surface area (Å²) in [5.41, 5.74) is 2.33. The lowest BCUT2D eigenvalue weighted by Crippen LogP contribution is -2.32. The molecular formula is C28H26F2N6O4. The first-order valence-corrected chi connectivity index (χ1v) is 12.6. The van der Waals surface area contributed by atoms with E-state index in [-0.39, 0.29) is 36.7 Å². The topological polar surface area (TPSA) is 129 Å². The van der Waals surface area contributed by atoms with Crippen LogP contribution >= 0.6 is 0 Å². The smallest absolute Gasteiger partial charge is 0.257 e. The maximum Gasteiger partial charge on any atom is 0.257 e. The molecule has 5 rings (SSSR count). The SMILES string of the molecule is CC(=O)Nc1cn2nc(-c3ccc(C)c(C(=O)NCc4cc(F)cc(F)c4C(=O)N4CCC(O)C4)c3)ccc2n1. The number of aliphatic hydroxyl groups is 1. The molecule has 0 radical (unpaired) electrons. The van der Waals surface area contributed by atoms with Crippen LogP contribution in [0.5, 0.6) is 0 Å². The number of aryl methyl sites for hydroxylation is 1. The Labute approximate surface area is 227 Å². The van der Waals surface area contributed by atoms with Crippen LogP contribution in [-0.4, -0.2) is 61.5 Å². The van der Waals surface area contributed by atoms with Gasteiger partial charge in [0.05, 0.1) is 23.6 Å². The van der Waals surface area contributed by atoms with Crippen LogP contribution in [0.25, 0.3) is 16.9 Å². The predicted molar refractivity (Wildman–Crippen MR) is 142 cm³/mol. The van der Waals surface area contributed by atoms with Gasteiger partial charge in [-0.15, -0.1) is 0 Å². The Morgan fingerprint density at radius 2 is 1.93 bits per heavy atom. The summed E-state index contributed by atoms with van der Waals surface area (Å²) in [6.45, 7) is 3.15. The van der Waals surface area contributed by atoms with E-state index in [9.17, 15) is 28.3 Å². The maximum absolute atomic E-state index is 14.7. The van der Waals surface area contributed by atoms with Gasteiger partial charge in [0.1, 0.15) is 11.6 Å². The molecule has 3 heterocycles. The molecule has 4 aromatic rings. The van der Waals surface area contributed by atoms with Crippen LogP contribution in [0.4, 0.5) is 14.6 Å². The summed E-state index contributed by atoms with van der Waals surface area (Å²) in [4.78, 5) is 43.1. The Morgan fingerprint density at radius 3 is 2.65 bits per heavy atom. The van der Waals surface area contributed by atoms with Crippen molar-refractivity contribution in [1.29, 1.82) is 0 Å². The molecule has 1 atom stereocenters. The lowest BCUT2D eigenvalue weighted by Gasteiger charge is -2.19. The molecule has 1 unspecified atom stereocenters. The summed E-state index contributed by atoms with van der Waals surface area (Å²) in [6.07, 6.45) is 1.24. The molecule has 1 saturated heterocycles. The third-order valence-electron chi connectivity index (χ3n) is 6.64. The van der Waals surface area contributed by atoms with Crippen LogP contribution in [0.1, 0.15) is 45.2 Å². The Hall–Kier alpha value is -4.71. The van der Waals surface area contributed by atoms with Crippen molar-refractivity contribution >= 4 is 29.2 Å². The molecule has 10 nitrogen and oxygen atoms in total. The van der Waals surface area contributed by atoms with Gasteiger partial charge in [-0.25, -0.2) is 18.3 Å². The molecule has 0 saturated carbocycles. The lowest BCUT2D eigenvalue weighted by molar-refractivity contribution is -0.114. The molecule has 0 bridgehead atoms. The standard InChI is InChI=1S/C28H26F2N6O4/c1-15-3-4-17(23-5-6-25-33-24(32-16(2)37)14-36(25)34-23)10-21(15)27(39)31-12-18-9-19(29)11-22(30)26(18)28(40)35-8-7-20(38)13-35/h3-6,9-11,14,20,38H,7-8,12-13H2,1-2H3,(H,31,39)(H,32,37). The number of β-amino-alcohol motifs (C(OH)–C–C–N with tert-alkyl or cyclic N) is 1. The van der Waals surface area contributed by atoms with E-state index in [1.165, 1.54) is 16.3 Å². The number of halogens is 2. The van der Waals surface area contributed by atoms with Crippen molar-refractivity contribution in [2.24, 2.45) is 0 Å². The minimum absolute atomic E-state index is 0.00625. The number of imidazole rings is 1. The summed E-state index contributed by atoms with van der Waals surface area (Å²) in [6, 6.07) is 10.3. The lowest BCUT2D eigenvalue weighted by atomic mass is 10.0. The zero-order valence-corrected chi connectivity index (χ0v) is 21.7. The van der Waals surface area contributed by atoms with Crippen LogP contribution < -0.4 is 10.6 Å². The number of carbonyl (C=O) groups is 3. The third-order valence-corrected chi connectivity index (χ3v) is 6.64. The second kappa shape index (κ2) is 10.8. The highest BCUT2D eigenvalue weighted by molar-refractivity contribution is 5.98. The second-order valence-corrected chi connectivity index (χ2v) is 9.66. The number of amides is 3. The number of rotatable bonds is 6. The summed E-state index contributed by atoms with van der Waals surface area (Å²) < 4.78 is 30.3. The van der Waals surface area contributed by atoms with Crippen molar-refractivity contribution in [2.75, 3.05) is 18.4 Å². The fraction of sp³-hybridized carbons (Fsp3) is 0.250. The zero-order chi connectivity index (χ0) is 28.6. The Bertz CT molecular complexity index is 1650. The average molecular weight is 549 g/mol. The van der Waals surface area contributed by atoms with E-state index in [1.807, 2.05) is 0 Å². The highest BCUT2D eigenvalue weighted by Crippen LogP contribution is 2.24. The second-order valence-electron chi connectivity index (χ2n) is 9.66. The van der Waals surface area contributed by atoms with Crippen molar-refractivity contribution in [2.45, 2.75) is 32.9 Å². The van der Waals surface area contributed by atoms with Gasteiger partial charge in [-0.05, 0) is 48.7 Å². The number of carbonyl (C=O) groups excluding carboxylic acids is 3. The fourth-order valence-corrected chi connectivity index (χ4v) is 4.66. The zero-order valence-electron chi connectivity index (χ0n) is 21.7. The summed E-state index contributed by atoms with van der Waals surface area (Å²) in [7, 11) is 0. The Kier molecular flexibility index (Phi) is 7.26. The monoisotopic (exact) mass is 548 g/mol. The predicted octanol–water partition coefficient (Wildman–Crippen LogP) is 3.08. The van der Waals surface area contributed by atoms with Crippen molar-refractivity contribution in [1.82, 2.24) is 24.8 Å². The molecular weight excluding hydrogens is 522 g/mol. The number of hydrogen-bond acceptors (Lipinski definition) is 6. The average Bonchev–Trinajstić information content (AvgIpc) is 3.51. The van der Waals surface area contributed by atoms with Gasteiger partial charge in [0.2, 0.25) is 5.91 Å². The van der Waals surface area contributed by atoms with Gasteiger partial charge in [0, 0.05) is 43.8 Å². The van der Waals surface area contributed by atoms with Gasteiger partial charge in [0.25, 0.3) is 11.8 Å². The maximum atomic E-state index is 14.7. The Balaban J connectivity index is 1.38. The molecule has 40 heavy (non-hydrogen) atoms. The van der Waals surface area contributed by atoms with E-state index in [4.69, 9.17) is 0 Å². The molecule has 2 aromatic heterocycles. The molecule has 12 heteroatoms. The quantitative estimate of drug-likeness (QED) is 0.340. The first-order valence-electron chi connectivity index (χ1n) is 12.6. The molecule has 3 N–H and O–H groups in total. The molecule has 1 aliphatic heterocycles. The van der Waals surface area contributed by atoms with Gasteiger partial charge in [-0.3, -0.25) is 14.4 Å². The number of likely N-dealkylation sites (tertiary alicyclic amines) is 1. The highest BCUT2D eigenvalue weighted by Gasteiger charge is 2.29. The van der Waals surface area contributed by atoms with Crippen molar-refractivity contribution < 1.29 is 28.3 Å². The molecule has 0 aliphatic carbocycles. The summed E-state index contributed by atoms with van der Waals surface area (Å²) in [5, 5.41) is 19.6. The van der Waals surface area contributed by atoms with Crippen LogP contribution in [0.3, 0.4) is 0 Å². The summed E-state index contributed by atoms with van der Waals surface area (Å²) >= 11 is 0. The first-order chi connectivity index (χ1) is 19.1. The third kappa shape index (κ3) is 5.52. The number of fused-ring (bicyclic) bond motifs is 1. The summed E-state index contributed by atoms with van der Waals surface area (Å²) in [5.74, 6) is -2.98. The number of aromatic nitrogens is 3. The fourth-order valence-electron chi connectivity index (χ4n) is 4.66. The minimum atomic E-state index is -1.03. The highest BCUT2D eigenvalue weighted by atomic mass is 19.1. The van der Waals surface area contributed by atoms with E-state index in [1.54, 1.807) is 43.5 Å². The molecule has 0 spiro atoms. The van der Waals surface area contributed by atoms with E-state index in [0.717, 1.165) is 6.07 Å². The number of benzene rings is 2. The van der Waals surface area contributed by atoms with E-state index >= 15 is 0 Å². The van der Waals surface area contributed by atoms with Crippen molar-refractivity contribution in [3.8, 4) is 11.3 Å². The van der Waals surface area contributed by atoms with Crippen LogP contribution in [0.15, 0.2) is 48.7 Å². The molecule has 2 aromatic carbocycles. The van der Waals surface area contributed by atoms with Gasteiger partial charge < -0.3 is 20.6 Å². The van der Waals surface area contributed by atoms with Gasteiger partial charge in [0.15, 0.2) is 11.5 Å². The van der Waals surface area contributed by atoms with Crippen LogP contribution in [0.2, 0.25) is 0 Å². The van der Waals surface area contributed by atoms with E-state index in [2.05, 4.69) is 20.7 Å². The molecule has 1 aliphatic rings. The molecule has 3 amide bonds. The van der Waals surface area contributed by atoms with Gasteiger partial charge in [-0.1, -0.05) is 12.1 Å². The van der Waals surface area contributed by atoms with Crippen LogP contribution in [0, 0.1) is 18.6 Å². The van der Waals surface area contributed by atoms with E-state index in [0.29, 0.717) is 46.3 Å². The van der Waals surface area contributed by atoms with Crippen molar-refractivity contribution in [3.63, 3.8) is 0 Å². The number of hydrogen-bond donors (Lipinski definition) is 3. The van der Waals surface area contributed by atoms with Crippen LogP contribution in [-0.2, 0) is 11.3 Å². The largest absolute Gasteiger partial charge is 0.391 e. The number of anilines is 1. The van der Waals surface area contributed by atoms with E-state index < -0.39 is 29.6 Å². The number of aliphatic hydroxyl groups excluding tert-OH is 1.